The lowest BCUT2D eigenvalue weighted by molar-refractivity contribution is -0.122. The second kappa shape index (κ2) is 9.08. The number of amides is 2. The number of hydrogen-bond acceptors (Lipinski definition) is 5. The number of nitrogens with one attached hydrogen (secondary N) is 2. The molecule has 0 bridgehead atoms. The molecule has 1 unspecified atom stereocenters. The monoisotopic (exact) mass is 553 g/mol. The average molecular weight is 554 g/mol. The third kappa shape index (κ3) is 3.55. The van der Waals surface area contributed by atoms with E-state index in [0.29, 0.717) is 34.8 Å². The fraction of sp³-hybridized carbons (Fsp3) is 0.250. The molecule has 194 valence electrons. The molecule has 0 aliphatic carbocycles. The largest absolute Gasteiger partial charge is 0.465 e. The summed E-state index contributed by atoms with van der Waals surface area (Å²) in [4.78, 5) is 41.4. The summed E-state index contributed by atoms with van der Waals surface area (Å²) in [5.41, 5.74) is 0.583. The zero-order valence-electron chi connectivity index (χ0n) is 20.1. The summed E-state index contributed by atoms with van der Waals surface area (Å²) in [6.45, 7) is 0.382. The minimum atomic E-state index is -1.35. The first-order valence-electron chi connectivity index (χ1n) is 12.1. The first-order chi connectivity index (χ1) is 18.3. The first kappa shape index (κ1) is 24.9. The Morgan fingerprint density at radius 1 is 1.08 bits per heavy atom. The zero-order chi connectivity index (χ0) is 26.8. The highest BCUT2D eigenvalue weighted by molar-refractivity contribution is 6.31. The SMILES string of the molecule is COC(=O)c1cccc(C(=O)N2CC[C@@H]3N[C@@]4(C(=O)Nc5cc(Cl)ccc54)[C@@H](c4cccc(Cl)c4F)C32)c1. The number of methoxy groups -OCH3 is 1. The van der Waals surface area contributed by atoms with Crippen LogP contribution in [0.15, 0.2) is 60.7 Å². The number of nitrogens with zero attached hydrogens (tertiary/aromatic N) is 1. The molecule has 3 aliphatic rings. The fourth-order valence-electron chi connectivity index (χ4n) is 6.26. The zero-order valence-corrected chi connectivity index (χ0v) is 21.6. The third-order valence-electron chi connectivity index (χ3n) is 7.80. The Labute approximate surface area is 227 Å². The molecule has 7 nitrogen and oxygen atoms in total. The molecule has 4 atom stereocenters. The van der Waals surface area contributed by atoms with E-state index in [9.17, 15) is 14.4 Å². The average Bonchev–Trinajstić information content (AvgIpc) is 3.55. The molecule has 1 spiro atoms. The number of halogens is 3. The lowest BCUT2D eigenvalue weighted by atomic mass is 9.74. The van der Waals surface area contributed by atoms with Crippen molar-refractivity contribution in [3.05, 3.63) is 98.8 Å². The summed E-state index contributed by atoms with van der Waals surface area (Å²) in [5, 5.41) is 6.77. The highest BCUT2D eigenvalue weighted by atomic mass is 35.5. The fourth-order valence-corrected chi connectivity index (χ4v) is 6.61. The van der Waals surface area contributed by atoms with Gasteiger partial charge in [0.15, 0.2) is 0 Å². The number of likely N-dealkylation sites (tertiary alicyclic amines) is 1. The van der Waals surface area contributed by atoms with E-state index in [0.717, 1.165) is 0 Å². The molecule has 3 aromatic rings. The predicted molar refractivity (Wildman–Crippen MR) is 140 cm³/mol. The number of carbonyl (C=O) groups is 3. The van der Waals surface area contributed by atoms with E-state index in [1.807, 2.05) is 0 Å². The summed E-state index contributed by atoms with van der Waals surface area (Å²) in [7, 11) is 1.27. The number of fused-ring (bicyclic) bond motifs is 3. The van der Waals surface area contributed by atoms with Crippen LogP contribution in [0.4, 0.5) is 10.1 Å². The van der Waals surface area contributed by atoms with Crippen molar-refractivity contribution in [2.45, 2.75) is 30.0 Å². The van der Waals surface area contributed by atoms with Gasteiger partial charge in [-0.25, -0.2) is 9.18 Å². The molecule has 2 fully saturated rings. The normalized spacial score (nSPS) is 25.3. The molecule has 3 aliphatic heterocycles. The standard InChI is InChI=1S/C28H22Cl2FN3O4/c1-38-26(36)15-5-2-4-14(12-15)25(35)34-11-10-20-24(34)22(17-6-3-7-19(30)23(17)31)28(33-20)18-9-8-16(29)13-21(18)32-27(28)37/h2-9,12-13,20,22,24,33H,10-11H2,1H3,(H,32,37)/t20-,22-,24?,28+/m0/s1. The van der Waals surface area contributed by atoms with Gasteiger partial charge in [0, 0.05) is 40.3 Å². The van der Waals surface area contributed by atoms with Gasteiger partial charge in [-0.3, -0.25) is 14.9 Å². The minimum absolute atomic E-state index is 0.0718. The highest BCUT2D eigenvalue weighted by Gasteiger charge is 2.65. The van der Waals surface area contributed by atoms with Crippen LogP contribution in [0.25, 0.3) is 0 Å². The van der Waals surface area contributed by atoms with Crippen molar-refractivity contribution in [2.75, 3.05) is 19.0 Å². The van der Waals surface area contributed by atoms with E-state index in [2.05, 4.69) is 10.6 Å². The van der Waals surface area contributed by atoms with Crippen molar-refractivity contribution in [2.24, 2.45) is 0 Å². The molecule has 3 aromatic carbocycles. The van der Waals surface area contributed by atoms with Crippen molar-refractivity contribution in [1.29, 1.82) is 0 Å². The number of ether oxygens (including phenoxy) is 1. The maximum Gasteiger partial charge on any atom is 0.337 e. The summed E-state index contributed by atoms with van der Waals surface area (Å²) in [6.07, 6.45) is 0.545. The van der Waals surface area contributed by atoms with Gasteiger partial charge in [-0.1, -0.05) is 47.5 Å². The molecule has 2 N–H and O–H groups in total. The van der Waals surface area contributed by atoms with Crippen LogP contribution in [0.1, 0.15) is 44.2 Å². The Bertz CT molecular complexity index is 1520. The van der Waals surface area contributed by atoms with Crippen LogP contribution < -0.4 is 10.6 Å². The number of carbonyl (C=O) groups excluding carboxylic acids is 3. The van der Waals surface area contributed by atoms with Crippen LogP contribution in [0, 0.1) is 5.82 Å². The molecule has 6 rings (SSSR count). The maximum atomic E-state index is 15.7. The van der Waals surface area contributed by atoms with Gasteiger partial charge in [-0.2, -0.15) is 0 Å². The van der Waals surface area contributed by atoms with E-state index in [4.69, 9.17) is 27.9 Å². The minimum Gasteiger partial charge on any atom is -0.465 e. The number of hydrogen-bond donors (Lipinski definition) is 2. The lowest BCUT2D eigenvalue weighted by Crippen LogP contribution is -2.50. The van der Waals surface area contributed by atoms with Crippen LogP contribution in [-0.2, 0) is 15.1 Å². The molecule has 3 heterocycles. The van der Waals surface area contributed by atoms with Crippen LogP contribution in [0.2, 0.25) is 10.0 Å². The van der Waals surface area contributed by atoms with Crippen molar-refractivity contribution in [3.63, 3.8) is 0 Å². The predicted octanol–water partition coefficient (Wildman–Crippen LogP) is 4.74. The molecule has 2 amide bonds. The molecule has 38 heavy (non-hydrogen) atoms. The van der Waals surface area contributed by atoms with Gasteiger partial charge >= 0.3 is 5.97 Å². The third-order valence-corrected chi connectivity index (χ3v) is 8.32. The van der Waals surface area contributed by atoms with Crippen molar-refractivity contribution < 1.29 is 23.5 Å². The van der Waals surface area contributed by atoms with Gasteiger partial charge in [0.1, 0.15) is 11.4 Å². The highest BCUT2D eigenvalue weighted by Crippen LogP contribution is 2.55. The van der Waals surface area contributed by atoms with Crippen LogP contribution in [0.3, 0.4) is 0 Å². The smallest absolute Gasteiger partial charge is 0.337 e. The molecular formula is C28H22Cl2FN3O4. The molecule has 2 saturated heterocycles. The van der Waals surface area contributed by atoms with Crippen molar-refractivity contribution >= 4 is 46.7 Å². The second-order valence-corrected chi connectivity index (χ2v) is 10.5. The molecular weight excluding hydrogens is 532 g/mol. The van der Waals surface area contributed by atoms with Crippen molar-refractivity contribution in [1.82, 2.24) is 10.2 Å². The Morgan fingerprint density at radius 3 is 2.63 bits per heavy atom. The quantitative estimate of drug-likeness (QED) is 0.457. The topological polar surface area (TPSA) is 87.7 Å². The Kier molecular flexibility index (Phi) is 5.94. The first-order valence-corrected chi connectivity index (χ1v) is 12.8. The molecule has 0 radical (unpaired) electrons. The van der Waals surface area contributed by atoms with Gasteiger partial charge < -0.3 is 15.0 Å². The van der Waals surface area contributed by atoms with E-state index in [1.165, 1.54) is 19.2 Å². The van der Waals surface area contributed by atoms with E-state index < -0.39 is 29.3 Å². The van der Waals surface area contributed by atoms with Crippen molar-refractivity contribution in [3.8, 4) is 0 Å². The number of esters is 1. The van der Waals surface area contributed by atoms with Crippen LogP contribution in [0.5, 0.6) is 0 Å². The summed E-state index contributed by atoms with van der Waals surface area (Å²) < 4.78 is 20.5. The maximum absolute atomic E-state index is 15.7. The van der Waals surface area contributed by atoms with E-state index in [-0.39, 0.29) is 34.0 Å². The Hall–Kier alpha value is -3.46. The van der Waals surface area contributed by atoms with Gasteiger partial charge in [0.05, 0.1) is 23.7 Å². The summed E-state index contributed by atoms with van der Waals surface area (Å²) in [6, 6.07) is 15.2. The molecule has 10 heteroatoms. The van der Waals surface area contributed by atoms with Gasteiger partial charge in [0.25, 0.3) is 5.91 Å². The Morgan fingerprint density at radius 2 is 1.84 bits per heavy atom. The second-order valence-electron chi connectivity index (χ2n) is 9.67. The summed E-state index contributed by atoms with van der Waals surface area (Å²) in [5.74, 6) is -2.68. The lowest BCUT2D eigenvalue weighted by Gasteiger charge is -2.36. The summed E-state index contributed by atoms with van der Waals surface area (Å²) >= 11 is 12.4. The van der Waals surface area contributed by atoms with Crippen LogP contribution in [-0.4, -0.2) is 48.4 Å². The number of anilines is 1. The Balaban J connectivity index is 1.50. The van der Waals surface area contributed by atoms with E-state index in [1.54, 1.807) is 53.4 Å². The molecule has 0 aromatic heterocycles. The van der Waals surface area contributed by atoms with Crippen LogP contribution >= 0.6 is 23.2 Å². The number of benzene rings is 3. The van der Waals surface area contributed by atoms with E-state index >= 15 is 4.39 Å². The molecule has 0 saturated carbocycles. The van der Waals surface area contributed by atoms with Gasteiger partial charge in [-0.05, 0) is 48.4 Å². The van der Waals surface area contributed by atoms with Gasteiger partial charge in [0.2, 0.25) is 5.91 Å². The number of rotatable bonds is 3. The van der Waals surface area contributed by atoms with Gasteiger partial charge in [-0.15, -0.1) is 0 Å².